The summed E-state index contributed by atoms with van der Waals surface area (Å²) >= 11 is 0. The molecule has 310 valence electrons. The molecule has 0 saturated carbocycles. The average Bonchev–Trinajstić information content (AvgIpc) is 3.87. The molecule has 0 radical (unpaired) electrons. The van der Waals surface area contributed by atoms with Crippen molar-refractivity contribution < 1.29 is 9.47 Å². The topological polar surface area (TPSA) is 18.5 Å². The van der Waals surface area contributed by atoms with Crippen LogP contribution in [0, 0.1) is 10.8 Å². The molecule has 10 rings (SSSR count). The molecule has 0 aromatic heterocycles. The second-order valence-corrected chi connectivity index (χ2v) is 22.2. The van der Waals surface area contributed by atoms with E-state index >= 15 is 0 Å². The van der Waals surface area contributed by atoms with Crippen molar-refractivity contribution in [3.8, 4) is 44.5 Å². The highest BCUT2D eigenvalue weighted by molar-refractivity contribution is 6.26. The molecule has 0 bridgehead atoms. The molecule has 0 amide bonds. The molecular formula is C59H62O2. The third-order valence-electron chi connectivity index (χ3n) is 14.3. The summed E-state index contributed by atoms with van der Waals surface area (Å²) in [6, 6.07) is 42.0. The summed E-state index contributed by atoms with van der Waals surface area (Å²) in [4.78, 5) is 0. The lowest BCUT2D eigenvalue weighted by atomic mass is 9.72. The van der Waals surface area contributed by atoms with Crippen LogP contribution in [0.15, 0.2) is 109 Å². The fraction of sp³-hybridized carbons (Fsp3) is 0.356. The Bertz CT molecular complexity index is 2720. The van der Waals surface area contributed by atoms with Gasteiger partial charge in [0.05, 0.1) is 0 Å². The van der Waals surface area contributed by atoms with Gasteiger partial charge in [0.15, 0.2) is 0 Å². The first-order valence-electron chi connectivity index (χ1n) is 22.5. The predicted octanol–water partition coefficient (Wildman–Crippen LogP) is 15.7. The van der Waals surface area contributed by atoms with Crippen LogP contribution in [0.5, 0.6) is 0 Å². The zero-order valence-electron chi connectivity index (χ0n) is 38.5. The van der Waals surface area contributed by atoms with E-state index in [-0.39, 0.29) is 21.7 Å². The van der Waals surface area contributed by atoms with Gasteiger partial charge in [0.2, 0.25) is 5.79 Å². The number of hydrogen-bond donors (Lipinski definition) is 0. The number of benzene rings is 7. The molecule has 0 N–H and O–H groups in total. The van der Waals surface area contributed by atoms with E-state index in [1.54, 1.807) is 0 Å². The lowest BCUT2D eigenvalue weighted by Crippen LogP contribution is -2.32. The summed E-state index contributed by atoms with van der Waals surface area (Å²) in [5, 5.41) is 5.07. The molecule has 0 spiro atoms. The van der Waals surface area contributed by atoms with Crippen molar-refractivity contribution >= 4 is 21.5 Å². The molecular weight excluding hydrogens is 741 g/mol. The van der Waals surface area contributed by atoms with E-state index < -0.39 is 5.79 Å². The molecule has 7 aromatic carbocycles. The summed E-state index contributed by atoms with van der Waals surface area (Å²) in [6.07, 6.45) is 3.89. The van der Waals surface area contributed by atoms with Crippen LogP contribution in [0.1, 0.15) is 127 Å². The minimum Gasteiger partial charge on any atom is -0.346 e. The van der Waals surface area contributed by atoms with Gasteiger partial charge in [-0.2, -0.15) is 0 Å². The Balaban J connectivity index is 1.30. The van der Waals surface area contributed by atoms with Gasteiger partial charge in [-0.15, -0.1) is 0 Å². The number of hydrogen-bond acceptors (Lipinski definition) is 2. The normalized spacial score (nSPS) is 15.1. The second kappa shape index (κ2) is 13.5. The van der Waals surface area contributed by atoms with Gasteiger partial charge in [-0.25, -0.2) is 0 Å². The van der Waals surface area contributed by atoms with E-state index in [0.717, 1.165) is 25.7 Å². The minimum absolute atomic E-state index is 0.0523. The van der Waals surface area contributed by atoms with Crippen LogP contribution < -0.4 is 0 Å². The van der Waals surface area contributed by atoms with Crippen LogP contribution in [-0.4, -0.2) is 14.2 Å². The molecule has 0 heterocycles. The highest BCUT2D eigenvalue weighted by Crippen LogP contribution is 2.63. The molecule has 0 saturated heterocycles. The van der Waals surface area contributed by atoms with Crippen molar-refractivity contribution in [1.82, 2.24) is 0 Å². The highest BCUT2D eigenvalue weighted by atomic mass is 16.7. The van der Waals surface area contributed by atoms with Gasteiger partial charge in [0.1, 0.15) is 0 Å². The standard InChI is InChI=1S/C59H62O2/c1-55(2,3)33-57(7,8)39-25-21-35(22-26-39)47-43-29-30-44-48(36-23-27-40(28-24-36)58(9,10)34-56(4,5)6)50-42-20-16-14-18-38(42)32-46(50)54-52(44)51(43)53(59(54,60-11)61-12)45-31-37-17-13-15-19-41(37)49(45)47/h13-30H,31-34H2,1-12H3. The van der Waals surface area contributed by atoms with Crippen molar-refractivity contribution in [3.05, 3.63) is 154 Å². The maximum Gasteiger partial charge on any atom is 0.223 e. The quantitative estimate of drug-likeness (QED) is 0.113. The fourth-order valence-corrected chi connectivity index (χ4v) is 12.8. The number of methoxy groups -OCH3 is 2. The molecule has 3 aliphatic rings. The summed E-state index contributed by atoms with van der Waals surface area (Å²) in [5.41, 5.74) is 21.4. The zero-order chi connectivity index (χ0) is 43.0. The van der Waals surface area contributed by atoms with Crippen LogP contribution in [0.25, 0.3) is 66.1 Å². The third kappa shape index (κ3) is 6.03. The van der Waals surface area contributed by atoms with Crippen LogP contribution in [0.3, 0.4) is 0 Å². The molecule has 2 nitrogen and oxygen atoms in total. The van der Waals surface area contributed by atoms with Gasteiger partial charge >= 0.3 is 0 Å². The molecule has 0 fully saturated rings. The highest BCUT2D eigenvalue weighted by Gasteiger charge is 2.51. The van der Waals surface area contributed by atoms with E-state index in [0.29, 0.717) is 0 Å². The van der Waals surface area contributed by atoms with E-state index in [1.807, 2.05) is 14.2 Å². The summed E-state index contributed by atoms with van der Waals surface area (Å²) in [7, 11) is 3.71. The van der Waals surface area contributed by atoms with Crippen molar-refractivity contribution in [3.63, 3.8) is 0 Å². The molecule has 7 aromatic rings. The maximum absolute atomic E-state index is 6.91. The van der Waals surface area contributed by atoms with Gasteiger partial charge in [0.25, 0.3) is 0 Å². The Morgan fingerprint density at radius 3 is 1.15 bits per heavy atom. The monoisotopic (exact) mass is 802 g/mol. The Hall–Kier alpha value is -5.02. The fourth-order valence-electron chi connectivity index (χ4n) is 12.8. The number of fused-ring (bicyclic) bond motifs is 8. The van der Waals surface area contributed by atoms with E-state index in [9.17, 15) is 0 Å². The summed E-state index contributed by atoms with van der Waals surface area (Å²) in [5.74, 6) is -1.07. The second-order valence-electron chi connectivity index (χ2n) is 22.2. The van der Waals surface area contributed by atoms with E-state index in [1.165, 1.54) is 111 Å². The SMILES string of the molecule is COC1(OC)c2c3c(c(-c4ccc(C(C)(C)CC(C)(C)C)cc4)c4ccc5c(-c6ccc(C(C)(C)CC(C)(C)C)cc6)c6c(c1c5c24)Cc1ccccc1-6)-c1ccccc1C3. The molecule has 61 heavy (non-hydrogen) atoms. The molecule has 3 aliphatic carbocycles. The Kier molecular flexibility index (Phi) is 8.86. The summed E-state index contributed by atoms with van der Waals surface area (Å²) in [6.45, 7) is 23.7. The van der Waals surface area contributed by atoms with Gasteiger partial charge in [-0.3, -0.25) is 0 Å². The number of ether oxygens (including phenoxy) is 2. The Morgan fingerprint density at radius 1 is 0.443 bits per heavy atom. The van der Waals surface area contributed by atoms with Crippen molar-refractivity contribution in [2.24, 2.45) is 10.8 Å². The van der Waals surface area contributed by atoms with Crippen LogP contribution in [0.2, 0.25) is 0 Å². The van der Waals surface area contributed by atoms with E-state index in [2.05, 4.69) is 178 Å². The first-order chi connectivity index (χ1) is 28.9. The molecule has 0 aliphatic heterocycles. The third-order valence-corrected chi connectivity index (χ3v) is 14.3. The van der Waals surface area contributed by atoms with Crippen LogP contribution in [0.4, 0.5) is 0 Å². The Labute approximate surface area is 364 Å². The van der Waals surface area contributed by atoms with Gasteiger partial charge in [0, 0.05) is 25.3 Å². The van der Waals surface area contributed by atoms with Crippen LogP contribution >= 0.6 is 0 Å². The average molecular weight is 803 g/mol. The molecule has 2 heteroatoms. The van der Waals surface area contributed by atoms with Crippen molar-refractivity contribution in [2.75, 3.05) is 14.2 Å². The van der Waals surface area contributed by atoms with Gasteiger partial charge in [-0.05, 0) is 147 Å². The van der Waals surface area contributed by atoms with E-state index in [4.69, 9.17) is 9.47 Å². The maximum atomic E-state index is 6.91. The lowest BCUT2D eigenvalue weighted by Gasteiger charge is -2.33. The van der Waals surface area contributed by atoms with Crippen LogP contribution in [-0.2, 0) is 38.9 Å². The minimum atomic E-state index is -1.07. The van der Waals surface area contributed by atoms with Crippen molar-refractivity contribution in [1.29, 1.82) is 0 Å². The predicted molar refractivity (Wildman–Crippen MR) is 258 cm³/mol. The first-order valence-corrected chi connectivity index (χ1v) is 22.5. The Morgan fingerprint density at radius 2 is 0.803 bits per heavy atom. The largest absolute Gasteiger partial charge is 0.346 e. The summed E-state index contributed by atoms with van der Waals surface area (Å²) < 4.78 is 13.8. The lowest BCUT2D eigenvalue weighted by molar-refractivity contribution is -0.181. The van der Waals surface area contributed by atoms with Gasteiger partial charge in [-0.1, -0.05) is 178 Å². The zero-order valence-corrected chi connectivity index (χ0v) is 38.5. The molecule has 0 unspecified atom stereocenters. The van der Waals surface area contributed by atoms with Crippen molar-refractivity contribution in [2.45, 2.75) is 112 Å². The van der Waals surface area contributed by atoms with Gasteiger partial charge < -0.3 is 9.47 Å². The smallest absolute Gasteiger partial charge is 0.223 e. The molecule has 0 atom stereocenters. The first kappa shape index (κ1) is 40.1. The number of rotatable bonds is 8.